The summed E-state index contributed by atoms with van der Waals surface area (Å²) in [5, 5.41) is 11.9. The first-order valence-corrected chi connectivity index (χ1v) is 10.0. The lowest BCUT2D eigenvalue weighted by Crippen LogP contribution is -1.99. The van der Waals surface area contributed by atoms with Crippen LogP contribution < -0.4 is 5.32 Å². The summed E-state index contributed by atoms with van der Waals surface area (Å²) in [5.74, 6) is 0.209. The fourth-order valence-corrected chi connectivity index (χ4v) is 3.50. The molecule has 5 nitrogen and oxygen atoms in total. The van der Waals surface area contributed by atoms with E-state index in [-0.39, 0.29) is 0 Å². The van der Waals surface area contributed by atoms with E-state index >= 15 is 0 Å². The summed E-state index contributed by atoms with van der Waals surface area (Å²) >= 11 is 12.4. The number of halogens is 2. The number of para-hydroxylation sites is 3. The minimum Gasteiger partial charge on any atom is -0.481 e. The second kappa shape index (κ2) is 9.65. The van der Waals surface area contributed by atoms with Crippen LogP contribution in [0.5, 0.6) is 0 Å². The summed E-state index contributed by atoms with van der Waals surface area (Å²) in [6.07, 6.45) is 0.776. The van der Waals surface area contributed by atoms with Gasteiger partial charge in [0.05, 0.1) is 26.8 Å². The third kappa shape index (κ3) is 5.32. The summed E-state index contributed by atoms with van der Waals surface area (Å²) < 4.78 is 2.14. The number of aryl methyl sites for hydroxylation is 1. The van der Waals surface area contributed by atoms with E-state index in [1.165, 1.54) is 5.56 Å². The number of nitrogens with zero attached hydrogens (tertiary/aromatic N) is 2. The number of fused-ring (bicyclic) bond motifs is 1. The van der Waals surface area contributed by atoms with Crippen molar-refractivity contribution in [2.75, 3.05) is 5.32 Å². The van der Waals surface area contributed by atoms with Crippen LogP contribution in [0.25, 0.3) is 11.0 Å². The largest absolute Gasteiger partial charge is 0.481 e. The van der Waals surface area contributed by atoms with Crippen molar-refractivity contribution in [3.63, 3.8) is 0 Å². The molecule has 4 aromatic rings. The first-order chi connectivity index (χ1) is 14.3. The standard InChI is InChI=1S/C21H17Cl2N3.C2H4O2/c1-26-19-8-3-2-7-18(19)25-20(26)13-14-9-11-15(12-10-14)24-21-16(22)5-4-6-17(21)23;1-2(3)4/h2-12,24H,13H2,1H3;1H3,(H,3,4). The monoisotopic (exact) mass is 441 g/mol. The van der Waals surface area contributed by atoms with Gasteiger partial charge in [0, 0.05) is 26.1 Å². The van der Waals surface area contributed by atoms with Gasteiger partial charge in [0.2, 0.25) is 0 Å². The zero-order valence-electron chi connectivity index (χ0n) is 16.6. The van der Waals surface area contributed by atoms with Crippen molar-refractivity contribution < 1.29 is 9.90 Å². The Hall–Kier alpha value is -3.02. The second-order valence-corrected chi connectivity index (χ2v) is 7.50. The normalized spacial score (nSPS) is 10.4. The molecule has 0 unspecified atom stereocenters. The highest BCUT2D eigenvalue weighted by Crippen LogP contribution is 2.32. The number of hydrogen-bond donors (Lipinski definition) is 2. The lowest BCUT2D eigenvalue weighted by molar-refractivity contribution is -0.134. The number of carboxylic acid groups (broad SMARTS) is 1. The van der Waals surface area contributed by atoms with Crippen molar-refractivity contribution in [2.24, 2.45) is 7.05 Å². The minimum atomic E-state index is -0.833. The van der Waals surface area contributed by atoms with E-state index in [4.69, 9.17) is 38.1 Å². The second-order valence-electron chi connectivity index (χ2n) is 6.69. The number of hydrogen-bond acceptors (Lipinski definition) is 3. The average molecular weight is 442 g/mol. The summed E-state index contributed by atoms with van der Waals surface area (Å²) in [5.41, 5.74) is 5.03. The Balaban J connectivity index is 0.000000589. The van der Waals surface area contributed by atoms with Crippen molar-refractivity contribution in [1.82, 2.24) is 9.55 Å². The van der Waals surface area contributed by atoms with E-state index < -0.39 is 5.97 Å². The zero-order chi connectivity index (χ0) is 21.7. The molecule has 2 N–H and O–H groups in total. The molecule has 0 radical (unpaired) electrons. The summed E-state index contributed by atoms with van der Waals surface area (Å²) in [4.78, 5) is 13.7. The maximum absolute atomic E-state index is 9.00. The highest BCUT2D eigenvalue weighted by molar-refractivity contribution is 6.39. The molecule has 154 valence electrons. The number of carbonyl (C=O) groups is 1. The molecule has 0 aliphatic carbocycles. The summed E-state index contributed by atoms with van der Waals surface area (Å²) in [6, 6.07) is 21.9. The van der Waals surface area contributed by atoms with Crippen molar-refractivity contribution >= 4 is 51.6 Å². The predicted octanol–water partition coefficient (Wildman–Crippen LogP) is 6.31. The topological polar surface area (TPSA) is 67.2 Å². The fraction of sp³-hybridized carbons (Fsp3) is 0.130. The zero-order valence-corrected chi connectivity index (χ0v) is 18.1. The summed E-state index contributed by atoms with van der Waals surface area (Å²) in [6.45, 7) is 1.08. The molecule has 0 aliphatic heterocycles. The van der Waals surface area contributed by atoms with Crippen LogP contribution in [0.2, 0.25) is 10.0 Å². The van der Waals surface area contributed by atoms with Gasteiger partial charge in [-0.25, -0.2) is 4.98 Å². The number of aliphatic carboxylic acids is 1. The van der Waals surface area contributed by atoms with Crippen LogP contribution in [0.15, 0.2) is 66.7 Å². The fourth-order valence-electron chi connectivity index (χ4n) is 3.00. The van der Waals surface area contributed by atoms with Crippen LogP contribution in [0, 0.1) is 0 Å². The van der Waals surface area contributed by atoms with Gasteiger partial charge in [-0.1, -0.05) is 53.5 Å². The Morgan fingerprint density at radius 3 is 2.20 bits per heavy atom. The lowest BCUT2D eigenvalue weighted by Gasteiger charge is -2.11. The molecule has 0 atom stereocenters. The molecule has 0 spiro atoms. The van der Waals surface area contributed by atoms with Crippen molar-refractivity contribution in [1.29, 1.82) is 0 Å². The van der Waals surface area contributed by atoms with Crippen LogP contribution in [0.3, 0.4) is 0 Å². The van der Waals surface area contributed by atoms with E-state index in [2.05, 4.69) is 35.1 Å². The number of aromatic nitrogens is 2. The number of imidazole rings is 1. The molecule has 0 saturated carbocycles. The molecule has 7 heteroatoms. The number of anilines is 2. The van der Waals surface area contributed by atoms with Gasteiger partial charge in [0.25, 0.3) is 5.97 Å². The number of benzene rings is 3. The average Bonchev–Trinajstić information content (AvgIpc) is 3.02. The maximum Gasteiger partial charge on any atom is 0.300 e. The van der Waals surface area contributed by atoms with Crippen molar-refractivity contribution in [3.05, 3.63) is 88.2 Å². The molecule has 0 bridgehead atoms. The van der Waals surface area contributed by atoms with Crippen LogP contribution in [-0.2, 0) is 18.3 Å². The van der Waals surface area contributed by atoms with E-state index in [0.29, 0.717) is 10.0 Å². The Kier molecular flexibility index (Phi) is 6.98. The Morgan fingerprint density at radius 2 is 1.60 bits per heavy atom. The van der Waals surface area contributed by atoms with E-state index in [1.807, 2.05) is 48.5 Å². The van der Waals surface area contributed by atoms with Gasteiger partial charge < -0.3 is 15.0 Å². The molecular weight excluding hydrogens is 421 g/mol. The van der Waals surface area contributed by atoms with Gasteiger partial charge in [-0.05, 0) is 42.0 Å². The first-order valence-electron chi connectivity index (χ1n) is 9.25. The van der Waals surface area contributed by atoms with Gasteiger partial charge in [-0.2, -0.15) is 0 Å². The van der Waals surface area contributed by atoms with Crippen LogP contribution >= 0.6 is 23.2 Å². The molecule has 0 aliphatic rings. The van der Waals surface area contributed by atoms with Gasteiger partial charge in [0.1, 0.15) is 5.82 Å². The SMILES string of the molecule is CC(=O)O.Cn1c(Cc2ccc(Nc3c(Cl)cccc3Cl)cc2)nc2ccccc21. The van der Waals surface area contributed by atoms with Crippen molar-refractivity contribution in [3.8, 4) is 0 Å². The highest BCUT2D eigenvalue weighted by atomic mass is 35.5. The number of carboxylic acids is 1. The first kappa shape index (κ1) is 21.7. The quantitative estimate of drug-likeness (QED) is 0.389. The molecule has 3 aromatic carbocycles. The van der Waals surface area contributed by atoms with Crippen LogP contribution in [0.1, 0.15) is 18.3 Å². The summed E-state index contributed by atoms with van der Waals surface area (Å²) in [7, 11) is 2.06. The maximum atomic E-state index is 9.00. The molecule has 0 saturated heterocycles. The molecule has 30 heavy (non-hydrogen) atoms. The van der Waals surface area contributed by atoms with Gasteiger partial charge >= 0.3 is 0 Å². The molecule has 1 heterocycles. The number of rotatable bonds is 4. The molecule has 0 amide bonds. The van der Waals surface area contributed by atoms with E-state index in [1.54, 1.807) is 0 Å². The number of nitrogens with one attached hydrogen (secondary N) is 1. The van der Waals surface area contributed by atoms with Gasteiger partial charge in [0.15, 0.2) is 0 Å². The predicted molar refractivity (Wildman–Crippen MR) is 123 cm³/mol. The Morgan fingerprint density at radius 1 is 1.00 bits per heavy atom. The van der Waals surface area contributed by atoms with Crippen LogP contribution in [0.4, 0.5) is 11.4 Å². The van der Waals surface area contributed by atoms with Gasteiger partial charge in [-0.3, -0.25) is 4.79 Å². The molecule has 4 rings (SSSR count). The smallest absolute Gasteiger partial charge is 0.300 e. The minimum absolute atomic E-state index is 0.598. The molecule has 0 fully saturated rings. The third-order valence-corrected chi connectivity index (χ3v) is 5.06. The Labute approximate surface area is 184 Å². The highest BCUT2D eigenvalue weighted by Gasteiger charge is 2.09. The third-order valence-electron chi connectivity index (χ3n) is 4.43. The van der Waals surface area contributed by atoms with Gasteiger partial charge in [-0.15, -0.1) is 0 Å². The Bertz CT molecular complexity index is 1150. The lowest BCUT2D eigenvalue weighted by atomic mass is 10.1. The van der Waals surface area contributed by atoms with Crippen molar-refractivity contribution in [2.45, 2.75) is 13.3 Å². The molecular formula is C23H21Cl2N3O2. The van der Waals surface area contributed by atoms with Crippen LogP contribution in [-0.4, -0.2) is 20.6 Å². The van der Waals surface area contributed by atoms with E-state index in [0.717, 1.165) is 41.6 Å². The van der Waals surface area contributed by atoms with E-state index in [9.17, 15) is 0 Å². The molecule has 1 aromatic heterocycles.